The van der Waals surface area contributed by atoms with Crippen LogP contribution < -0.4 is 0 Å². The molecule has 94 valence electrons. The van der Waals surface area contributed by atoms with Gasteiger partial charge in [-0.05, 0) is 44.4 Å². The van der Waals surface area contributed by atoms with Gasteiger partial charge in [0.1, 0.15) is 0 Å². The van der Waals surface area contributed by atoms with Crippen LogP contribution in [-0.2, 0) is 0 Å². The zero-order chi connectivity index (χ0) is 13.4. The van der Waals surface area contributed by atoms with Crippen LogP contribution in [0.4, 0.5) is 0 Å². The van der Waals surface area contributed by atoms with Gasteiger partial charge in [0.15, 0.2) is 0 Å². The third kappa shape index (κ3) is 2.37. The van der Waals surface area contributed by atoms with Crippen molar-refractivity contribution in [3.63, 3.8) is 0 Å². The molecule has 0 aliphatic rings. The Morgan fingerprint density at radius 3 is 2.16 bits per heavy atom. The maximum absolute atomic E-state index is 4.59. The van der Waals surface area contributed by atoms with Crippen LogP contribution in [0.2, 0.25) is 0 Å². The molecule has 1 aromatic heterocycles. The number of aromatic nitrogens is 1. The number of aryl methyl sites for hydroxylation is 3. The van der Waals surface area contributed by atoms with Crippen molar-refractivity contribution in [2.45, 2.75) is 20.8 Å². The van der Waals surface area contributed by atoms with Crippen LogP contribution in [0.25, 0.3) is 22.0 Å². The average Bonchev–Trinajstić information content (AvgIpc) is 2.36. The summed E-state index contributed by atoms with van der Waals surface area (Å²) >= 11 is 0. The Bertz CT molecular complexity index is 736. The van der Waals surface area contributed by atoms with Gasteiger partial charge in [-0.1, -0.05) is 41.0 Å². The predicted molar refractivity (Wildman–Crippen MR) is 81.4 cm³/mol. The number of nitrogens with zero attached hydrogens (tertiary/aromatic N) is 1. The summed E-state index contributed by atoms with van der Waals surface area (Å²) in [5, 5.41) is 2.45. The number of benzene rings is 2. The summed E-state index contributed by atoms with van der Waals surface area (Å²) in [7, 11) is 0. The van der Waals surface area contributed by atoms with Gasteiger partial charge in [-0.25, -0.2) is 0 Å². The zero-order valence-electron chi connectivity index (χ0n) is 11.6. The molecular weight excluding hydrogens is 230 g/mol. The summed E-state index contributed by atoms with van der Waals surface area (Å²) in [5.74, 6) is 0. The first-order chi connectivity index (χ1) is 9.11. The second-order valence-corrected chi connectivity index (χ2v) is 5.30. The van der Waals surface area contributed by atoms with Crippen LogP contribution in [0.15, 0.2) is 48.7 Å². The van der Waals surface area contributed by atoms with Gasteiger partial charge in [-0.2, -0.15) is 0 Å². The van der Waals surface area contributed by atoms with E-state index in [-0.39, 0.29) is 0 Å². The standard InChI is InChI=1S/C18H17N/c1-12-4-5-15-11-19-18(10-16(15)7-12)17-8-13(2)6-14(3)9-17/h4-11H,1-3H3. The van der Waals surface area contributed by atoms with Crippen LogP contribution in [-0.4, -0.2) is 4.98 Å². The second kappa shape index (κ2) is 4.51. The SMILES string of the molecule is Cc1cc(C)cc(-c2cc3cc(C)ccc3cn2)c1. The monoisotopic (exact) mass is 247 g/mol. The fourth-order valence-electron chi connectivity index (χ4n) is 2.54. The summed E-state index contributed by atoms with van der Waals surface area (Å²) in [6, 6.07) is 15.2. The third-order valence-electron chi connectivity index (χ3n) is 3.39. The maximum atomic E-state index is 4.59. The molecule has 0 atom stereocenters. The molecule has 0 N–H and O–H groups in total. The topological polar surface area (TPSA) is 12.9 Å². The Labute approximate surface area is 113 Å². The van der Waals surface area contributed by atoms with Gasteiger partial charge in [-0.3, -0.25) is 4.98 Å². The zero-order valence-corrected chi connectivity index (χ0v) is 11.6. The number of rotatable bonds is 1. The van der Waals surface area contributed by atoms with E-state index in [4.69, 9.17) is 0 Å². The number of hydrogen-bond acceptors (Lipinski definition) is 1. The molecule has 0 aliphatic heterocycles. The van der Waals surface area contributed by atoms with Crippen LogP contribution >= 0.6 is 0 Å². The van der Waals surface area contributed by atoms with E-state index in [0.29, 0.717) is 0 Å². The van der Waals surface area contributed by atoms with E-state index in [0.717, 1.165) is 5.69 Å². The average molecular weight is 247 g/mol. The minimum Gasteiger partial charge on any atom is -0.256 e. The molecule has 2 aromatic carbocycles. The Morgan fingerprint density at radius 2 is 1.42 bits per heavy atom. The van der Waals surface area contributed by atoms with Crippen molar-refractivity contribution in [3.8, 4) is 11.3 Å². The van der Waals surface area contributed by atoms with E-state index < -0.39 is 0 Å². The Balaban J connectivity index is 2.19. The first kappa shape index (κ1) is 11.9. The van der Waals surface area contributed by atoms with Crippen molar-refractivity contribution in [2.75, 3.05) is 0 Å². The van der Waals surface area contributed by atoms with E-state index in [1.54, 1.807) is 0 Å². The van der Waals surface area contributed by atoms with Crippen molar-refractivity contribution in [1.82, 2.24) is 4.98 Å². The lowest BCUT2D eigenvalue weighted by Gasteiger charge is -2.06. The lowest BCUT2D eigenvalue weighted by atomic mass is 10.0. The van der Waals surface area contributed by atoms with Crippen molar-refractivity contribution >= 4 is 10.8 Å². The molecule has 0 radical (unpaired) electrons. The lowest BCUT2D eigenvalue weighted by molar-refractivity contribution is 1.32. The molecule has 3 rings (SSSR count). The van der Waals surface area contributed by atoms with Crippen molar-refractivity contribution in [1.29, 1.82) is 0 Å². The molecule has 1 heteroatoms. The van der Waals surface area contributed by atoms with E-state index >= 15 is 0 Å². The minimum absolute atomic E-state index is 1.05. The molecule has 3 aromatic rings. The summed E-state index contributed by atoms with van der Waals surface area (Å²) in [6.45, 7) is 6.37. The van der Waals surface area contributed by atoms with Gasteiger partial charge >= 0.3 is 0 Å². The quantitative estimate of drug-likeness (QED) is 0.600. The van der Waals surface area contributed by atoms with Gasteiger partial charge in [0.05, 0.1) is 5.69 Å². The largest absolute Gasteiger partial charge is 0.256 e. The molecule has 0 amide bonds. The summed E-state index contributed by atoms with van der Waals surface area (Å²) in [6.07, 6.45) is 1.96. The smallest absolute Gasteiger partial charge is 0.0708 e. The summed E-state index contributed by atoms with van der Waals surface area (Å²) < 4.78 is 0. The fourth-order valence-corrected chi connectivity index (χ4v) is 2.54. The first-order valence-electron chi connectivity index (χ1n) is 6.57. The highest BCUT2D eigenvalue weighted by molar-refractivity contribution is 5.85. The van der Waals surface area contributed by atoms with Gasteiger partial charge < -0.3 is 0 Å². The van der Waals surface area contributed by atoms with Crippen molar-refractivity contribution in [3.05, 3.63) is 65.4 Å². The number of fused-ring (bicyclic) bond motifs is 1. The molecule has 0 aliphatic carbocycles. The van der Waals surface area contributed by atoms with Crippen molar-refractivity contribution in [2.24, 2.45) is 0 Å². The Morgan fingerprint density at radius 1 is 0.684 bits per heavy atom. The molecule has 1 nitrogen and oxygen atoms in total. The van der Waals surface area contributed by atoms with Gasteiger partial charge in [0.25, 0.3) is 0 Å². The molecule has 0 saturated heterocycles. The molecule has 0 saturated carbocycles. The number of pyridine rings is 1. The molecule has 19 heavy (non-hydrogen) atoms. The van der Waals surface area contributed by atoms with Crippen LogP contribution in [0, 0.1) is 20.8 Å². The molecule has 0 spiro atoms. The summed E-state index contributed by atoms with van der Waals surface area (Å²) in [4.78, 5) is 4.59. The highest BCUT2D eigenvalue weighted by atomic mass is 14.7. The normalized spacial score (nSPS) is 10.9. The molecular formula is C18H17N. The second-order valence-electron chi connectivity index (χ2n) is 5.30. The van der Waals surface area contributed by atoms with Gasteiger partial charge in [-0.15, -0.1) is 0 Å². The maximum Gasteiger partial charge on any atom is 0.0708 e. The highest BCUT2D eigenvalue weighted by Crippen LogP contribution is 2.24. The van der Waals surface area contributed by atoms with E-state index in [1.165, 1.54) is 33.0 Å². The minimum atomic E-state index is 1.05. The molecule has 0 fully saturated rings. The van der Waals surface area contributed by atoms with Crippen LogP contribution in [0.3, 0.4) is 0 Å². The predicted octanol–water partition coefficient (Wildman–Crippen LogP) is 4.83. The molecule has 0 bridgehead atoms. The van der Waals surface area contributed by atoms with E-state index in [1.807, 2.05) is 6.20 Å². The van der Waals surface area contributed by atoms with Gasteiger partial charge in [0, 0.05) is 17.1 Å². The van der Waals surface area contributed by atoms with Crippen LogP contribution in [0.1, 0.15) is 16.7 Å². The number of hydrogen-bond donors (Lipinski definition) is 0. The summed E-state index contributed by atoms with van der Waals surface area (Å²) in [5.41, 5.74) is 6.08. The van der Waals surface area contributed by atoms with Crippen molar-refractivity contribution < 1.29 is 0 Å². The van der Waals surface area contributed by atoms with Crippen LogP contribution in [0.5, 0.6) is 0 Å². The highest BCUT2D eigenvalue weighted by Gasteiger charge is 2.03. The lowest BCUT2D eigenvalue weighted by Crippen LogP contribution is -1.87. The van der Waals surface area contributed by atoms with E-state index in [9.17, 15) is 0 Å². The molecule has 0 unspecified atom stereocenters. The van der Waals surface area contributed by atoms with Gasteiger partial charge in [0.2, 0.25) is 0 Å². The Hall–Kier alpha value is -2.15. The Kier molecular flexibility index (Phi) is 2.83. The molecule has 1 heterocycles. The van der Waals surface area contributed by atoms with E-state index in [2.05, 4.69) is 68.2 Å². The fraction of sp³-hybridized carbons (Fsp3) is 0.167. The first-order valence-corrected chi connectivity index (χ1v) is 6.57. The third-order valence-corrected chi connectivity index (χ3v) is 3.39.